The number of anilines is 1. The lowest BCUT2D eigenvalue weighted by atomic mass is 10.2. The fourth-order valence-corrected chi connectivity index (χ4v) is 2.81. The Morgan fingerprint density at radius 2 is 1.83 bits per heavy atom. The summed E-state index contributed by atoms with van der Waals surface area (Å²) in [4.78, 5) is 34.0. The topological polar surface area (TPSA) is 95.5 Å². The maximum Gasteiger partial charge on any atom is 0.305 e. The third-order valence-corrected chi connectivity index (χ3v) is 4.12. The van der Waals surface area contributed by atoms with E-state index in [0.29, 0.717) is 22.9 Å². The molecule has 1 rings (SSSR count). The number of benzene rings is 1. The fourth-order valence-electron chi connectivity index (χ4n) is 1.77. The first-order valence-electron chi connectivity index (χ1n) is 7.86. The highest BCUT2D eigenvalue weighted by Gasteiger charge is 2.07. The number of carbonyl (C=O) groups is 3. The Balaban J connectivity index is 2.37. The minimum Gasteiger partial charge on any atom is -0.481 e. The molecule has 0 heterocycles. The van der Waals surface area contributed by atoms with Crippen LogP contribution in [0.4, 0.5) is 5.69 Å². The summed E-state index contributed by atoms with van der Waals surface area (Å²) >= 11 is 1.60. The molecule has 6 nitrogen and oxygen atoms in total. The van der Waals surface area contributed by atoms with Crippen LogP contribution in [0.25, 0.3) is 0 Å². The van der Waals surface area contributed by atoms with Gasteiger partial charge in [-0.3, -0.25) is 14.4 Å². The summed E-state index contributed by atoms with van der Waals surface area (Å²) < 4.78 is 0. The molecule has 0 saturated heterocycles. The molecule has 0 fully saturated rings. The van der Waals surface area contributed by atoms with Gasteiger partial charge in [-0.25, -0.2) is 0 Å². The molecular weight excluding hydrogens is 328 g/mol. The van der Waals surface area contributed by atoms with Crippen LogP contribution >= 0.6 is 11.8 Å². The molecule has 1 aromatic rings. The Bertz CT molecular complexity index is 558. The number of thioether (sulfide) groups is 1. The van der Waals surface area contributed by atoms with Crippen molar-refractivity contribution in [2.24, 2.45) is 5.92 Å². The zero-order chi connectivity index (χ0) is 17.9. The van der Waals surface area contributed by atoms with E-state index >= 15 is 0 Å². The predicted molar refractivity (Wildman–Crippen MR) is 96.4 cm³/mol. The van der Waals surface area contributed by atoms with Crippen LogP contribution in [-0.2, 0) is 9.59 Å². The highest BCUT2D eigenvalue weighted by molar-refractivity contribution is 7.99. The van der Waals surface area contributed by atoms with Crippen molar-refractivity contribution in [1.29, 1.82) is 0 Å². The van der Waals surface area contributed by atoms with E-state index in [-0.39, 0.29) is 24.8 Å². The van der Waals surface area contributed by atoms with Crippen molar-refractivity contribution in [1.82, 2.24) is 5.32 Å². The summed E-state index contributed by atoms with van der Waals surface area (Å²) in [6, 6.07) is 6.50. The quantitative estimate of drug-likeness (QED) is 0.563. The monoisotopic (exact) mass is 352 g/mol. The number of nitrogens with one attached hydrogen (secondary N) is 2. The summed E-state index contributed by atoms with van der Waals surface area (Å²) in [5.74, 6) is 0.639. The van der Waals surface area contributed by atoms with E-state index in [1.54, 1.807) is 36.0 Å². The van der Waals surface area contributed by atoms with Crippen molar-refractivity contribution < 1.29 is 19.5 Å². The number of aliphatic carboxylic acids is 1. The van der Waals surface area contributed by atoms with Crippen molar-refractivity contribution in [2.45, 2.75) is 26.7 Å². The molecule has 7 heteroatoms. The summed E-state index contributed by atoms with van der Waals surface area (Å²) in [6.45, 7) is 4.39. The second-order valence-electron chi connectivity index (χ2n) is 5.76. The van der Waals surface area contributed by atoms with E-state index < -0.39 is 5.97 Å². The van der Waals surface area contributed by atoms with Gasteiger partial charge >= 0.3 is 5.97 Å². The minimum atomic E-state index is -0.959. The first-order valence-corrected chi connectivity index (χ1v) is 9.01. The maximum atomic E-state index is 11.8. The summed E-state index contributed by atoms with van der Waals surface area (Å²) in [7, 11) is 0. The average molecular weight is 352 g/mol. The Hall–Kier alpha value is -2.02. The van der Waals surface area contributed by atoms with Crippen molar-refractivity contribution in [2.75, 3.05) is 23.4 Å². The number of hydrogen-bond acceptors (Lipinski definition) is 4. The van der Waals surface area contributed by atoms with Crippen LogP contribution in [0, 0.1) is 5.92 Å². The van der Waals surface area contributed by atoms with Gasteiger partial charge in [0.05, 0.1) is 12.2 Å². The highest BCUT2D eigenvalue weighted by Crippen LogP contribution is 2.12. The van der Waals surface area contributed by atoms with Crippen molar-refractivity contribution in [3.8, 4) is 0 Å². The highest BCUT2D eigenvalue weighted by atomic mass is 32.2. The molecule has 0 aromatic heterocycles. The van der Waals surface area contributed by atoms with Crippen LogP contribution in [-0.4, -0.2) is 40.9 Å². The van der Waals surface area contributed by atoms with Gasteiger partial charge in [0.2, 0.25) is 5.91 Å². The van der Waals surface area contributed by atoms with Crippen molar-refractivity contribution in [3.05, 3.63) is 29.8 Å². The lowest BCUT2D eigenvalue weighted by Gasteiger charge is -2.08. The first kappa shape index (κ1) is 20.0. The molecule has 0 spiro atoms. The van der Waals surface area contributed by atoms with Gasteiger partial charge in [0.25, 0.3) is 5.91 Å². The van der Waals surface area contributed by atoms with Gasteiger partial charge in [0.1, 0.15) is 0 Å². The minimum absolute atomic E-state index is 0.0672. The molecule has 24 heavy (non-hydrogen) atoms. The van der Waals surface area contributed by atoms with Crippen LogP contribution in [0.5, 0.6) is 0 Å². The number of amides is 2. The third-order valence-electron chi connectivity index (χ3n) is 3.13. The van der Waals surface area contributed by atoms with E-state index in [4.69, 9.17) is 5.11 Å². The molecule has 0 saturated carbocycles. The molecule has 0 radical (unpaired) electrons. The molecule has 2 amide bonds. The molecule has 132 valence electrons. The molecule has 3 N–H and O–H groups in total. The van der Waals surface area contributed by atoms with E-state index in [1.807, 2.05) is 0 Å². The molecular formula is C17H24N2O4S. The van der Waals surface area contributed by atoms with Gasteiger partial charge in [-0.05, 0) is 42.4 Å². The van der Waals surface area contributed by atoms with E-state index in [1.165, 1.54) is 0 Å². The van der Waals surface area contributed by atoms with Gasteiger partial charge in [-0.1, -0.05) is 13.8 Å². The summed E-state index contributed by atoms with van der Waals surface area (Å²) in [5.41, 5.74) is 1.05. The molecule has 0 aliphatic heterocycles. The number of carboxylic acids is 1. The van der Waals surface area contributed by atoms with Crippen LogP contribution in [0.2, 0.25) is 0 Å². The van der Waals surface area contributed by atoms with E-state index in [0.717, 1.165) is 12.2 Å². The van der Waals surface area contributed by atoms with Crippen LogP contribution in [0.15, 0.2) is 24.3 Å². The second kappa shape index (κ2) is 10.7. The summed E-state index contributed by atoms with van der Waals surface area (Å²) in [6.07, 6.45) is 0.970. The summed E-state index contributed by atoms with van der Waals surface area (Å²) in [5, 5.41) is 13.8. The third kappa shape index (κ3) is 8.57. The normalized spacial score (nSPS) is 10.5. The molecule has 0 aliphatic rings. The van der Waals surface area contributed by atoms with Crippen molar-refractivity contribution in [3.63, 3.8) is 0 Å². The fraction of sp³-hybridized carbons (Fsp3) is 0.471. The van der Waals surface area contributed by atoms with Crippen LogP contribution < -0.4 is 10.6 Å². The van der Waals surface area contributed by atoms with Gasteiger partial charge < -0.3 is 15.7 Å². The number of carbonyl (C=O) groups excluding carboxylic acids is 2. The van der Waals surface area contributed by atoms with E-state index in [2.05, 4.69) is 24.5 Å². The Labute approximate surface area is 146 Å². The molecule has 0 unspecified atom stereocenters. The largest absolute Gasteiger partial charge is 0.481 e. The number of rotatable bonds is 10. The van der Waals surface area contributed by atoms with Crippen LogP contribution in [0.3, 0.4) is 0 Å². The zero-order valence-corrected chi connectivity index (χ0v) is 14.8. The number of carboxylic acid groups (broad SMARTS) is 1. The number of hydrogen-bond donors (Lipinski definition) is 3. The van der Waals surface area contributed by atoms with Gasteiger partial charge in [0.15, 0.2) is 0 Å². The molecule has 1 aromatic carbocycles. The Kier molecular flexibility index (Phi) is 8.93. The van der Waals surface area contributed by atoms with E-state index in [9.17, 15) is 14.4 Å². The smallest absolute Gasteiger partial charge is 0.305 e. The van der Waals surface area contributed by atoms with Gasteiger partial charge in [-0.15, -0.1) is 0 Å². The molecule has 0 bridgehead atoms. The predicted octanol–water partition coefficient (Wildman–Crippen LogP) is 2.61. The first-order chi connectivity index (χ1) is 11.4. The van der Waals surface area contributed by atoms with Gasteiger partial charge in [-0.2, -0.15) is 11.8 Å². The second-order valence-corrected chi connectivity index (χ2v) is 6.87. The van der Waals surface area contributed by atoms with Crippen molar-refractivity contribution >= 4 is 35.2 Å². The van der Waals surface area contributed by atoms with Crippen LogP contribution in [0.1, 0.15) is 37.0 Å². The SMILES string of the molecule is CC(C)CCSCC(=O)Nc1ccc(C(=O)NCCC(=O)O)cc1. The zero-order valence-electron chi connectivity index (χ0n) is 14.0. The lowest BCUT2D eigenvalue weighted by molar-refractivity contribution is -0.136. The van der Waals surface area contributed by atoms with Gasteiger partial charge in [0, 0.05) is 17.8 Å². The molecule has 0 atom stereocenters. The Morgan fingerprint density at radius 3 is 2.42 bits per heavy atom. The standard InChI is InChI=1S/C17H24N2O4S/c1-12(2)8-10-24-11-15(20)19-14-5-3-13(4-6-14)17(23)18-9-7-16(21)22/h3-6,12H,7-11H2,1-2H3,(H,18,23)(H,19,20)(H,21,22). The average Bonchev–Trinajstić information content (AvgIpc) is 2.51. The maximum absolute atomic E-state index is 11.8. The lowest BCUT2D eigenvalue weighted by Crippen LogP contribution is -2.26. The molecule has 0 aliphatic carbocycles. The Morgan fingerprint density at radius 1 is 1.17 bits per heavy atom.